The van der Waals surface area contributed by atoms with Gasteiger partial charge in [0.25, 0.3) is 0 Å². The maximum atomic E-state index is 12.1. The van der Waals surface area contributed by atoms with Crippen molar-refractivity contribution in [1.82, 2.24) is 14.5 Å². The fourth-order valence-electron chi connectivity index (χ4n) is 2.82. The molecule has 0 bridgehead atoms. The molecule has 20 heavy (non-hydrogen) atoms. The summed E-state index contributed by atoms with van der Waals surface area (Å²) in [4.78, 5) is 17.3. The third-order valence-corrected chi connectivity index (χ3v) is 4.26. The van der Waals surface area contributed by atoms with Gasteiger partial charge in [0.1, 0.15) is 0 Å². The Morgan fingerprint density at radius 1 is 1.35 bits per heavy atom. The lowest BCUT2D eigenvalue weighted by atomic mass is 10.2. The van der Waals surface area contributed by atoms with Crippen LogP contribution in [0.1, 0.15) is 24.8 Å². The largest absolute Gasteiger partial charge is 0.343 e. The van der Waals surface area contributed by atoms with Gasteiger partial charge in [0.05, 0.1) is 11.0 Å². The van der Waals surface area contributed by atoms with E-state index in [2.05, 4.69) is 24.0 Å². The van der Waals surface area contributed by atoms with Gasteiger partial charge in [-0.15, -0.1) is 0 Å². The lowest BCUT2D eigenvalue weighted by molar-refractivity contribution is -0.130. The molecule has 3 rings (SSSR count). The predicted octanol–water partition coefficient (Wildman–Crippen LogP) is 3.02. The minimum Gasteiger partial charge on any atom is -0.343 e. The highest BCUT2D eigenvalue weighted by atomic mass is 32.1. The van der Waals surface area contributed by atoms with E-state index in [4.69, 9.17) is 12.2 Å². The molecule has 1 aliphatic heterocycles. The highest BCUT2D eigenvalue weighted by Gasteiger charge is 2.17. The van der Waals surface area contributed by atoms with Crippen molar-refractivity contribution in [3.8, 4) is 0 Å². The molecular weight excluding hydrogens is 270 g/mol. The van der Waals surface area contributed by atoms with E-state index in [1.54, 1.807) is 0 Å². The lowest BCUT2D eigenvalue weighted by Crippen LogP contribution is -2.28. The summed E-state index contributed by atoms with van der Waals surface area (Å²) in [6.45, 7) is 4.54. The summed E-state index contributed by atoms with van der Waals surface area (Å²) in [5.41, 5.74) is 3.32. The number of aromatic nitrogens is 2. The van der Waals surface area contributed by atoms with Crippen LogP contribution in [-0.4, -0.2) is 33.4 Å². The van der Waals surface area contributed by atoms with Crippen molar-refractivity contribution < 1.29 is 4.79 Å². The van der Waals surface area contributed by atoms with E-state index in [9.17, 15) is 4.79 Å². The smallest absolute Gasteiger partial charge is 0.224 e. The molecule has 1 aromatic heterocycles. The predicted molar refractivity (Wildman–Crippen MR) is 82.3 cm³/mol. The standard InChI is InChI=1S/C15H19N3OS/c1-11-4-5-12-13(10-11)18(15(20)16-12)9-6-14(19)17-7-2-3-8-17/h4-5,10H,2-3,6-9H2,1H3,(H,16,20). The molecule has 2 aromatic rings. The first-order chi connectivity index (χ1) is 9.65. The number of rotatable bonds is 3. The molecule has 0 radical (unpaired) electrons. The summed E-state index contributed by atoms with van der Waals surface area (Å²) in [6.07, 6.45) is 2.80. The van der Waals surface area contributed by atoms with Crippen molar-refractivity contribution in [1.29, 1.82) is 0 Å². The molecule has 0 saturated carbocycles. The molecule has 1 aromatic carbocycles. The van der Waals surface area contributed by atoms with Crippen LogP contribution in [0.3, 0.4) is 0 Å². The van der Waals surface area contributed by atoms with Gasteiger partial charge in [0, 0.05) is 26.1 Å². The van der Waals surface area contributed by atoms with E-state index in [1.165, 1.54) is 5.56 Å². The molecule has 1 N–H and O–H groups in total. The number of likely N-dealkylation sites (tertiary alicyclic amines) is 1. The molecule has 1 amide bonds. The number of nitrogens with one attached hydrogen (secondary N) is 1. The average Bonchev–Trinajstić information content (AvgIpc) is 3.04. The number of fused-ring (bicyclic) bond motifs is 1. The number of aryl methyl sites for hydroxylation is 2. The van der Waals surface area contributed by atoms with Crippen molar-refractivity contribution in [2.24, 2.45) is 0 Å². The Kier molecular flexibility index (Phi) is 3.61. The van der Waals surface area contributed by atoms with Gasteiger partial charge in [0.15, 0.2) is 4.77 Å². The van der Waals surface area contributed by atoms with E-state index in [-0.39, 0.29) is 5.91 Å². The quantitative estimate of drug-likeness (QED) is 0.882. The van der Waals surface area contributed by atoms with Gasteiger partial charge in [-0.3, -0.25) is 4.79 Å². The second-order valence-electron chi connectivity index (χ2n) is 5.44. The molecule has 1 fully saturated rings. The molecular formula is C15H19N3OS. The molecule has 0 atom stereocenters. The number of hydrogen-bond donors (Lipinski definition) is 1. The fraction of sp³-hybridized carbons (Fsp3) is 0.467. The molecule has 0 unspecified atom stereocenters. The van der Waals surface area contributed by atoms with Crippen LogP contribution in [0, 0.1) is 11.7 Å². The minimum atomic E-state index is 0.242. The summed E-state index contributed by atoms with van der Waals surface area (Å²) in [5.74, 6) is 0.242. The minimum absolute atomic E-state index is 0.242. The summed E-state index contributed by atoms with van der Waals surface area (Å²) >= 11 is 5.37. The number of carbonyl (C=O) groups is 1. The van der Waals surface area contributed by atoms with Crippen molar-refractivity contribution in [3.63, 3.8) is 0 Å². The normalized spacial score (nSPS) is 15.2. The zero-order valence-electron chi connectivity index (χ0n) is 11.7. The first kappa shape index (κ1) is 13.4. The molecule has 4 nitrogen and oxygen atoms in total. The Balaban J connectivity index is 1.80. The zero-order chi connectivity index (χ0) is 14.1. The lowest BCUT2D eigenvalue weighted by Gasteiger charge is -2.15. The van der Waals surface area contributed by atoms with E-state index >= 15 is 0 Å². The van der Waals surface area contributed by atoms with Crippen LogP contribution in [0.25, 0.3) is 11.0 Å². The summed E-state index contributed by atoms with van der Waals surface area (Å²) in [5, 5.41) is 0. The zero-order valence-corrected chi connectivity index (χ0v) is 12.5. The molecule has 1 aliphatic rings. The number of carbonyl (C=O) groups excluding carboxylic acids is 1. The van der Waals surface area contributed by atoms with Gasteiger partial charge >= 0.3 is 0 Å². The molecule has 106 valence electrons. The Morgan fingerprint density at radius 3 is 2.85 bits per heavy atom. The van der Waals surface area contributed by atoms with E-state index in [0.29, 0.717) is 17.7 Å². The Labute approximate surface area is 123 Å². The van der Waals surface area contributed by atoms with Gasteiger partial charge < -0.3 is 14.5 Å². The van der Waals surface area contributed by atoms with Crippen molar-refractivity contribution >= 4 is 29.2 Å². The Bertz CT molecular complexity index is 695. The first-order valence-electron chi connectivity index (χ1n) is 7.12. The number of amides is 1. The number of hydrogen-bond acceptors (Lipinski definition) is 2. The number of aromatic amines is 1. The highest BCUT2D eigenvalue weighted by molar-refractivity contribution is 7.71. The van der Waals surface area contributed by atoms with E-state index in [0.717, 1.165) is 37.0 Å². The maximum absolute atomic E-state index is 12.1. The summed E-state index contributed by atoms with van der Waals surface area (Å²) in [6, 6.07) is 6.22. The van der Waals surface area contributed by atoms with Gasteiger partial charge in [-0.2, -0.15) is 0 Å². The maximum Gasteiger partial charge on any atom is 0.224 e. The van der Waals surface area contributed by atoms with E-state index < -0.39 is 0 Å². The molecule has 1 saturated heterocycles. The second-order valence-corrected chi connectivity index (χ2v) is 5.83. The van der Waals surface area contributed by atoms with Crippen LogP contribution in [0.5, 0.6) is 0 Å². The van der Waals surface area contributed by atoms with Crippen LogP contribution in [0.15, 0.2) is 18.2 Å². The van der Waals surface area contributed by atoms with Gasteiger partial charge in [-0.1, -0.05) is 6.07 Å². The van der Waals surface area contributed by atoms with Gasteiger partial charge in [0.2, 0.25) is 5.91 Å². The molecule has 0 aliphatic carbocycles. The second kappa shape index (κ2) is 5.40. The van der Waals surface area contributed by atoms with Crippen molar-refractivity contribution in [2.45, 2.75) is 32.7 Å². The summed E-state index contributed by atoms with van der Waals surface area (Å²) < 4.78 is 2.73. The van der Waals surface area contributed by atoms with Crippen LogP contribution < -0.4 is 0 Å². The SMILES string of the molecule is Cc1ccc2[nH]c(=S)n(CCC(=O)N3CCCC3)c2c1. The monoisotopic (exact) mass is 289 g/mol. The first-order valence-corrected chi connectivity index (χ1v) is 7.53. The molecule has 5 heteroatoms. The van der Waals surface area contributed by atoms with Gasteiger partial charge in [-0.25, -0.2) is 0 Å². The average molecular weight is 289 g/mol. The Hall–Kier alpha value is -1.62. The molecule has 0 spiro atoms. The van der Waals surface area contributed by atoms with Crippen LogP contribution in [0.2, 0.25) is 0 Å². The third-order valence-electron chi connectivity index (χ3n) is 3.94. The fourth-order valence-corrected chi connectivity index (χ4v) is 3.12. The van der Waals surface area contributed by atoms with Crippen molar-refractivity contribution in [2.75, 3.05) is 13.1 Å². The third kappa shape index (κ3) is 2.50. The van der Waals surface area contributed by atoms with E-state index in [1.807, 2.05) is 15.5 Å². The number of H-pyrrole nitrogens is 1. The topological polar surface area (TPSA) is 41.0 Å². The number of nitrogens with zero attached hydrogens (tertiary/aromatic N) is 2. The van der Waals surface area contributed by atoms with Crippen molar-refractivity contribution in [3.05, 3.63) is 28.5 Å². The highest BCUT2D eigenvalue weighted by Crippen LogP contribution is 2.17. The molecule has 2 heterocycles. The number of imidazole rings is 1. The Morgan fingerprint density at radius 2 is 2.10 bits per heavy atom. The number of benzene rings is 1. The van der Waals surface area contributed by atoms with Crippen LogP contribution in [0.4, 0.5) is 0 Å². The summed E-state index contributed by atoms with van der Waals surface area (Å²) in [7, 11) is 0. The van der Waals surface area contributed by atoms with Crippen LogP contribution >= 0.6 is 12.2 Å². The van der Waals surface area contributed by atoms with Gasteiger partial charge in [-0.05, 0) is 49.7 Å². The van der Waals surface area contributed by atoms with Crippen LogP contribution in [-0.2, 0) is 11.3 Å².